The van der Waals surface area contributed by atoms with Crippen LogP contribution in [0.15, 0.2) is 48.5 Å². The predicted molar refractivity (Wildman–Crippen MR) is 105 cm³/mol. The number of urea groups is 1. The van der Waals surface area contributed by atoms with E-state index < -0.39 is 24.2 Å². The number of hydrogen-bond donors (Lipinski definition) is 2. The van der Waals surface area contributed by atoms with E-state index in [0.717, 1.165) is 5.56 Å². The molecule has 1 unspecified atom stereocenters. The van der Waals surface area contributed by atoms with Crippen LogP contribution in [0, 0.1) is 0 Å². The van der Waals surface area contributed by atoms with E-state index >= 15 is 0 Å². The molecule has 2 N–H and O–H groups in total. The molecule has 0 spiro atoms. The van der Waals surface area contributed by atoms with Crippen LogP contribution in [0.4, 0.5) is 19.3 Å². The van der Waals surface area contributed by atoms with E-state index in [2.05, 4.69) is 15.4 Å². The number of anilines is 1. The molecule has 6 nitrogen and oxygen atoms in total. The van der Waals surface area contributed by atoms with Crippen molar-refractivity contribution >= 4 is 29.3 Å². The summed E-state index contributed by atoms with van der Waals surface area (Å²) in [7, 11) is 0. The highest BCUT2D eigenvalue weighted by Crippen LogP contribution is 2.29. The number of esters is 1. The topological polar surface area (TPSA) is 76.7 Å². The average molecular weight is 427 g/mol. The third-order valence-corrected chi connectivity index (χ3v) is 4.46. The fourth-order valence-corrected chi connectivity index (χ4v) is 2.57. The normalized spacial score (nSPS) is 12.8. The molecular formula is C20H21ClF2N2O4. The number of nitrogens with one attached hydrogen (secondary N) is 2. The van der Waals surface area contributed by atoms with Crippen molar-refractivity contribution in [2.45, 2.75) is 39.0 Å². The molecular weight excluding hydrogens is 406 g/mol. The first-order valence-electron chi connectivity index (χ1n) is 8.78. The van der Waals surface area contributed by atoms with Crippen LogP contribution < -0.4 is 15.4 Å². The molecule has 9 heteroatoms. The Morgan fingerprint density at radius 2 is 1.86 bits per heavy atom. The van der Waals surface area contributed by atoms with Crippen molar-refractivity contribution in [2.75, 3.05) is 5.32 Å². The van der Waals surface area contributed by atoms with Crippen LogP contribution in [0.2, 0.25) is 5.02 Å². The summed E-state index contributed by atoms with van der Waals surface area (Å²) in [6.07, 6.45) is 0.288. The van der Waals surface area contributed by atoms with Crippen molar-refractivity contribution < 1.29 is 27.8 Å². The Labute approximate surface area is 172 Å². The van der Waals surface area contributed by atoms with Gasteiger partial charge in [0, 0.05) is 5.69 Å². The number of carbonyl (C=O) groups is 2. The second-order valence-corrected chi connectivity index (χ2v) is 6.76. The maximum absolute atomic E-state index is 12.5. The van der Waals surface area contributed by atoms with E-state index in [9.17, 15) is 18.4 Å². The molecule has 2 rings (SSSR count). The molecule has 0 aliphatic rings. The molecule has 0 aromatic heterocycles. The molecule has 2 aromatic carbocycles. The Morgan fingerprint density at radius 3 is 2.45 bits per heavy atom. The third kappa shape index (κ3) is 6.60. The van der Waals surface area contributed by atoms with Gasteiger partial charge in [-0.25, -0.2) is 9.59 Å². The van der Waals surface area contributed by atoms with E-state index in [1.165, 1.54) is 18.2 Å². The lowest BCUT2D eigenvalue weighted by molar-refractivity contribution is -0.152. The number of ether oxygens (including phenoxy) is 2. The molecule has 0 radical (unpaired) electrons. The fourth-order valence-electron chi connectivity index (χ4n) is 2.35. The van der Waals surface area contributed by atoms with Crippen LogP contribution in [0.25, 0.3) is 0 Å². The largest absolute Gasteiger partial charge is 0.459 e. The van der Waals surface area contributed by atoms with Gasteiger partial charge in [-0.15, -0.1) is 0 Å². The van der Waals surface area contributed by atoms with Crippen molar-refractivity contribution in [3.05, 3.63) is 59.1 Å². The van der Waals surface area contributed by atoms with Crippen molar-refractivity contribution in [1.82, 2.24) is 5.32 Å². The fraction of sp³-hybridized carbons (Fsp3) is 0.300. The van der Waals surface area contributed by atoms with Gasteiger partial charge in [0.1, 0.15) is 17.9 Å². The van der Waals surface area contributed by atoms with E-state index in [1.54, 1.807) is 13.8 Å². The minimum Gasteiger partial charge on any atom is -0.459 e. The molecule has 0 saturated heterocycles. The highest BCUT2D eigenvalue weighted by molar-refractivity contribution is 6.32. The molecule has 0 aliphatic carbocycles. The third-order valence-electron chi connectivity index (χ3n) is 4.17. The zero-order valence-corrected chi connectivity index (χ0v) is 16.6. The summed E-state index contributed by atoms with van der Waals surface area (Å²) in [6.45, 7) is 0.352. The van der Waals surface area contributed by atoms with Gasteiger partial charge in [-0.05, 0) is 37.1 Å². The van der Waals surface area contributed by atoms with Gasteiger partial charge < -0.3 is 20.1 Å². The zero-order valence-electron chi connectivity index (χ0n) is 15.9. The minimum absolute atomic E-state index is 0.0831. The molecule has 2 amide bonds. The number of hydrogen-bond acceptors (Lipinski definition) is 4. The summed E-state index contributed by atoms with van der Waals surface area (Å²) >= 11 is 5.86. The molecule has 1 atom stereocenters. The Hall–Kier alpha value is -2.87. The molecule has 0 bridgehead atoms. The van der Waals surface area contributed by atoms with Crippen molar-refractivity contribution in [3.63, 3.8) is 0 Å². The summed E-state index contributed by atoms with van der Waals surface area (Å²) in [5.41, 5.74) is -0.198. The van der Waals surface area contributed by atoms with Crippen molar-refractivity contribution in [2.24, 2.45) is 0 Å². The summed E-state index contributed by atoms with van der Waals surface area (Å²) in [6, 6.07) is 12.3. The van der Waals surface area contributed by atoms with E-state index in [-0.39, 0.29) is 29.5 Å². The monoisotopic (exact) mass is 426 g/mol. The number of benzene rings is 2. The number of rotatable bonds is 8. The Bertz CT molecular complexity index is 852. The number of halogens is 3. The molecule has 2 aromatic rings. The molecule has 156 valence electrons. The highest BCUT2D eigenvalue weighted by atomic mass is 35.5. The van der Waals surface area contributed by atoms with Crippen molar-refractivity contribution in [3.8, 4) is 5.75 Å². The summed E-state index contributed by atoms with van der Waals surface area (Å²) in [5, 5.41) is 4.98. The van der Waals surface area contributed by atoms with Crippen LogP contribution in [-0.2, 0) is 16.1 Å². The second kappa shape index (κ2) is 10.1. The Balaban J connectivity index is 1.97. The first-order chi connectivity index (χ1) is 13.7. The van der Waals surface area contributed by atoms with Crippen LogP contribution in [0.3, 0.4) is 0 Å². The molecule has 29 heavy (non-hydrogen) atoms. The number of alkyl halides is 2. The number of amides is 2. The lowest BCUT2D eigenvalue weighted by atomic mass is 9.99. The van der Waals surface area contributed by atoms with Crippen molar-refractivity contribution in [1.29, 1.82) is 0 Å². The second-order valence-electron chi connectivity index (χ2n) is 6.35. The van der Waals surface area contributed by atoms with Crippen LogP contribution >= 0.6 is 11.6 Å². The van der Waals surface area contributed by atoms with E-state index in [0.29, 0.717) is 0 Å². The maximum Gasteiger partial charge on any atom is 0.387 e. The van der Waals surface area contributed by atoms with Crippen LogP contribution in [0.1, 0.15) is 25.8 Å². The summed E-state index contributed by atoms with van der Waals surface area (Å²) in [5.74, 6) is -0.798. The standard InChI is InChI=1S/C20H21ClF2N2O4/c1-3-20(2,17(26)28-12-13-7-5-4-6-8-13)25-19(27)24-14-9-10-16(15(21)11-14)29-18(22)23/h4-11,18H,3,12H2,1-2H3,(H2,24,25,27). The van der Waals surface area contributed by atoms with Gasteiger partial charge in [0.15, 0.2) is 0 Å². The average Bonchev–Trinajstić information content (AvgIpc) is 2.68. The Morgan fingerprint density at radius 1 is 1.17 bits per heavy atom. The molecule has 0 aliphatic heterocycles. The van der Waals surface area contributed by atoms with E-state index in [4.69, 9.17) is 16.3 Å². The number of carbonyl (C=O) groups excluding carboxylic acids is 2. The van der Waals surface area contributed by atoms with Crippen LogP contribution in [0.5, 0.6) is 5.75 Å². The molecule has 0 saturated carbocycles. The predicted octanol–water partition coefficient (Wildman–Crippen LogP) is 4.98. The van der Waals surface area contributed by atoms with Crippen LogP contribution in [-0.4, -0.2) is 24.2 Å². The van der Waals surface area contributed by atoms with Gasteiger partial charge in [-0.1, -0.05) is 48.9 Å². The highest BCUT2D eigenvalue weighted by Gasteiger charge is 2.35. The minimum atomic E-state index is -3.01. The SMILES string of the molecule is CCC(C)(NC(=O)Nc1ccc(OC(F)F)c(Cl)c1)C(=O)OCc1ccccc1. The van der Waals surface area contributed by atoms with Gasteiger partial charge in [-0.2, -0.15) is 8.78 Å². The first-order valence-corrected chi connectivity index (χ1v) is 9.16. The quantitative estimate of drug-likeness (QED) is 0.584. The van der Waals surface area contributed by atoms with Gasteiger partial charge in [0.25, 0.3) is 0 Å². The first kappa shape index (κ1) is 22.4. The smallest absolute Gasteiger partial charge is 0.387 e. The lowest BCUT2D eigenvalue weighted by Crippen LogP contribution is -2.53. The summed E-state index contributed by atoms with van der Waals surface area (Å²) in [4.78, 5) is 24.8. The van der Waals surface area contributed by atoms with E-state index in [1.807, 2.05) is 30.3 Å². The lowest BCUT2D eigenvalue weighted by Gasteiger charge is -2.27. The van der Waals surface area contributed by atoms with Gasteiger partial charge >= 0.3 is 18.6 Å². The Kier molecular flexibility index (Phi) is 7.78. The molecule has 0 heterocycles. The maximum atomic E-state index is 12.5. The van der Waals surface area contributed by atoms with Gasteiger partial charge in [0.05, 0.1) is 5.02 Å². The van der Waals surface area contributed by atoms with Gasteiger partial charge in [-0.3, -0.25) is 0 Å². The zero-order chi connectivity index (χ0) is 21.4. The summed E-state index contributed by atoms with van der Waals surface area (Å²) < 4.78 is 34.1. The molecule has 0 fully saturated rings. The van der Waals surface area contributed by atoms with Gasteiger partial charge in [0.2, 0.25) is 0 Å².